The van der Waals surface area contributed by atoms with Gasteiger partial charge in [0.05, 0.1) is 12.7 Å². The van der Waals surface area contributed by atoms with E-state index in [-0.39, 0.29) is 13.2 Å². The average molecular weight is 154 g/mol. The predicted octanol–water partition coefficient (Wildman–Crippen LogP) is 0.665. The molecule has 0 amide bonds. The summed E-state index contributed by atoms with van der Waals surface area (Å²) >= 11 is 0. The van der Waals surface area contributed by atoms with Gasteiger partial charge >= 0.3 is 7.12 Å². The Hall–Kier alpha value is -0.605. The third kappa shape index (κ3) is 2.48. The minimum atomic E-state index is -0.0868. The van der Waals surface area contributed by atoms with Crippen molar-refractivity contribution < 1.29 is 14.1 Å². The molecule has 1 rings (SSSR count). The Balaban J connectivity index is 2.29. The van der Waals surface area contributed by atoms with E-state index in [1.165, 1.54) is 6.08 Å². The van der Waals surface area contributed by atoms with Crippen molar-refractivity contribution in [1.82, 2.24) is 0 Å². The van der Waals surface area contributed by atoms with Crippen LogP contribution < -0.4 is 0 Å². The van der Waals surface area contributed by atoms with E-state index in [9.17, 15) is 4.79 Å². The Morgan fingerprint density at radius 2 is 2.55 bits per heavy atom. The highest BCUT2D eigenvalue weighted by Crippen LogP contribution is 2.11. The lowest BCUT2D eigenvalue weighted by Crippen LogP contribution is -2.13. The molecule has 3 nitrogen and oxygen atoms in total. The normalized spacial score (nSPS) is 24.8. The Labute approximate surface area is 66.5 Å². The van der Waals surface area contributed by atoms with Gasteiger partial charge in [-0.05, 0) is 12.4 Å². The quantitative estimate of drug-likeness (QED) is 0.340. The van der Waals surface area contributed by atoms with Crippen LogP contribution in [-0.4, -0.2) is 26.1 Å². The van der Waals surface area contributed by atoms with Gasteiger partial charge in [0.2, 0.25) is 0 Å². The van der Waals surface area contributed by atoms with Crippen LogP contribution in [0.2, 0.25) is 6.32 Å². The van der Waals surface area contributed by atoms with Crippen molar-refractivity contribution in [3.05, 3.63) is 12.2 Å². The van der Waals surface area contributed by atoms with E-state index in [4.69, 9.17) is 9.31 Å². The molecule has 0 aromatic carbocycles. The van der Waals surface area contributed by atoms with E-state index >= 15 is 0 Å². The molecule has 11 heavy (non-hydrogen) atoms. The number of carbonyl (C=O) groups excluding carboxylic acids is 1. The lowest BCUT2D eigenvalue weighted by molar-refractivity contribution is -0.104. The molecule has 0 aromatic rings. The number of hydrogen-bond acceptors (Lipinski definition) is 3. The minimum absolute atomic E-state index is 0.0369. The van der Waals surface area contributed by atoms with Crippen molar-refractivity contribution >= 4 is 13.4 Å². The van der Waals surface area contributed by atoms with Crippen LogP contribution in [0, 0.1) is 0 Å². The number of hydrogen-bond donors (Lipinski definition) is 0. The molecule has 0 spiro atoms. The van der Waals surface area contributed by atoms with Crippen molar-refractivity contribution in [2.45, 2.75) is 19.3 Å². The maximum absolute atomic E-state index is 9.93. The fourth-order valence-electron chi connectivity index (χ4n) is 0.960. The molecule has 1 aliphatic heterocycles. The first kappa shape index (κ1) is 8.49. The largest absolute Gasteiger partial charge is 0.457 e. The van der Waals surface area contributed by atoms with Gasteiger partial charge < -0.3 is 9.31 Å². The van der Waals surface area contributed by atoms with Crippen LogP contribution in [-0.2, 0) is 14.1 Å². The maximum Gasteiger partial charge on any atom is 0.457 e. The van der Waals surface area contributed by atoms with Gasteiger partial charge in [-0.1, -0.05) is 13.0 Å². The first-order valence-electron chi connectivity index (χ1n) is 3.76. The predicted molar refractivity (Wildman–Crippen MR) is 42.3 cm³/mol. The van der Waals surface area contributed by atoms with E-state index in [0.29, 0.717) is 6.61 Å². The second-order valence-corrected chi connectivity index (χ2v) is 2.37. The van der Waals surface area contributed by atoms with E-state index in [0.717, 1.165) is 12.6 Å². The van der Waals surface area contributed by atoms with Crippen LogP contribution in [0.15, 0.2) is 12.2 Å². The van der Waals surface area contributed by atoms with Gasteiger partial charge in [0.1, 0.15) is 6.29 Å². The molecular formula is C7H11BO3. The zero-order valence-corrected chi connectivity index (χ0v) is 6.53. The molecule has 1 atom stereocenters. The Morgan fingerprint density at radius 1 is 1.73 bits per heavy atom. The molecular weight excluding hydrogens is 143 g/mol. The van der Waals surface area contributed by atoms with Crippen molar-refractivity contribution in [3.8, 4) is 0 Å². The van der Waals surface area contributed by atoms with Gasteiger partial charge in [0.15, 0.2) is 0 Å². The van der Waals surface area contributed by atoms with Crippen LogP contribution in [0.3, 0.4) is 0 Å². The zero-order chi connectivity index (χ0) is 8.10. The summed E-state index contributed by atoms with van der Waals surface area (Å²) < 4.78 is 10.6. The number of allylic oxidation sites excluding steroid dienone is 1. The molecule has 0 N–H and O–H groups in total. The number of rotatable bonds is 3. The van der Waals surface area contributed by atoms with E-state index in [2.05, 4.69) is 0 Å². The molecule has 1 saturated heterocycles. The third-order valence-corrected chi connectivity index (χ3v) is 1.51. The van der Waals surface area contributed by atoms with Crippen LogP contribution in [0.1, 0.15) is 6.92 Å². The van der Waals surface area contributed by atoms with Crippen LogP contribution in [0.5, 0.6) is 0 Å². The summed E-state index contributed by atoms with van der Waals surface area (Å²) in [6.45, 7) is 2.55. The minimum Gasteiger partial charge on any atom is -0.408 e. The summed E-state index contributed by atoms with van der Waals surface area (Å²) in [5.74, 6) is 0. The maximum atomic E-state index is 9.93. The van der Waals surface area contributed by atoms with Crippen LogP contribution in [0.25, 0.3) is 0 Å². The highest BCUT2D eigenvalue weighted by atomic mass is 16.6. The first-order valence-corrected chi connectivity index (χ1v) is 3.76. The van der Waals surface area contributed by atoms with Crippen molar-refractivity contribution in [2.24, 2.45) is 0 Å². The van der Waals surface area contributed by atoms with Crippen LogP contribution in [0.4, 0.5) is 0 Å². The summed E-state index contributed by atoms with van der Waals surface area (Å²) in [6, 6.07) is 0. The van der Waals surface area contributed by atoms with Gasteiger partial charge in [-0.3, -0.25) is 4.79 Å². The molecule has 0 aliphatic carbocycles. The zero-order valence-electron chi connectivity index (χ0n) is 6.53. The Bertz CT molecular complexity index is 158. The van der Waals surface area contributed by atoms with Gasteiger partial charge in [-0.25, -0.2) is 0 Å². The number of aldehydes is 1. The monoisotopic (exact) mass is 154 g/mol. The summed E-state index contributed by atoms with van der Waals surface area (Å²) in [5, 5.41) is 0. The van der Waals surface area contributed by atoms with Gasteiger partial charge in [0, 0.05) is 0 Å². The molecule has 0 radical (unpaired) electrons. The van der Waals surface area contributed by atoms with Crippen molar-refractivity contribution in [1.29, 1.82) is 0 Å². The summed E-state index contributed by atoms with van der Waals surface area (Å²) in [6.07, 6.45) is 4.70. The molecule has 1 unspecified atom stereocenters. The molecule has 1 heterocycles. The number of carbonyl (C=O) groups is 1. The first-order chi connectivity index (χ1) is 5.36. The molecule has 1 aliphatic rings. The van der Waals surface area contributed by atoms with Crippen molar-refractivity contribution in [3.63, 3.8) is 0 Å². The lowest BCUT2D eigenvalue weighted by Gasteiger charge is -2.00. The molecule has 1 fully saturated rings. The van der Waals surface area contributed by atoms with E-state index < -0.39 is 0 Å². The van der Waals surface area contributed by atoms with Gasteiger partial charge in [-0.15, -0.1) is 0 Å². The molecule has 0 saturated carbocycles. The molecule has 4 heteroatoms. The smallest absolute Gasteiger partial charge is 0.408 e. The summed E-state index contributed by atoms with van der Waals surface area (Å²) in [7, 11) is -0.0868. The van der Waals surface area contributed by atoms with Crippen LogP contribution >= 0.6 is 0 Å². The molecule has 0 bridgehead atoms. The van der Waals surface area contributed by atoms with E-state index in [1.807, 2.05) is 6.92 Å². The highest BCUT2D eigenvalue weighted by Gasteiger charge is 2.27. The SMILES string of the molecule is CCB1OCC(/C=C/C=O)O1. The van der Waals surface area contributed by atoms with E-state index in [1.54, 1.807) is 6.08 Å². The topological polar surface area (TPSA) is 35.5 Å². The second kappa shape index (κ2) is 4.31. The standard InChI is InChI=1S/C7H11BO3/c1-2-8-10-6-7(11-8)4-3-5-9/h3-5,7H,2,6H2,1H3/b4-3+. The fourth-order valence-corrected chi connectivity index (χ4v) is 0.960. The average Bonchev–Trinajstić information content (AvgIpc) is 2.48. The van der Waals surface area contributed by atoms with Crippen molar-refractivity contribution in [2.75, 3.05) is 6.61 Å². The summed E-state index contributed by atoms with van der Waals surface area (Å²) in [5.41, 5.74) is 0. The Morgan fingerprint density at radius 3 is 3.09 bits per heavy atom. The Kier molecular flexibility index (Phi) is 3.33. The highest BCUT2D eigenvalue weighted by molar-refractivity contribution is 6.44. The molecule has 60 valence electrons. The molecule has 0 aromatic heterocycles. The third-order valence-electron chi connectivity index (χ3n) is 1.51. The summed E-state index contributed by atoms with van der Waals surface area (Å²) in [4.78, 5) is 9.93. The second-order valence-electron chi connectivity index (χ2n) is 2.37. The van der Waals surface area contributed by atoms with Gasteiger partial charge in [-0.2, -0.15) is 0 Å². The lowest BCUT2D eigenvalue weighted by atomic mass is 9.87. The van der Waals surface area contributed by atoms with Gasteiger partial charge in [0.25, 0.3) is 0 Å². The fraction of sp³-hybridized carbons (Fsp3) is 0.571.